The van der Waals surface area contributed by atoms with Gasteiger partial charge in [-0.1, -0.05) is 6.58 Å². The van der Waals surface area contributed by atoms with E-state index in [9.17, 15) is 4.79 Å². The van der Waals surface area contributed by atoms with E-state index in [1.165, 1.54) is 0 Å². The second kappa shape index (κ2) is 23.4. The first kappa shape index (κ1) is 16.3. The first-order chi connectivity index (χ1) is 5.31. The molecule has 0 aliphatic carbocycles. The van der Waals surface area contributed by atoms with Crippen molar-refractivity contribution >= 4 is 5.97 Å². The maximum absolute atomic E-state index is 10.1. The molecule has 0 N–H and O–H groups in total. The maximum atomic E-state index is 10.1. The molecule has 0 amide bonds. The van der Waals surface area contributed by atoms with Crippen LogP contribution in [0.15, 0.2) is 25.8 Å². The Morgan fingerprint density at radius 2 is 2.00 bits per heavy atom. The fourth-order valence-corrected chi connectivity index (χ4v) is 0.201. The molecule has 0 aliphatic rings. The van der Waals surface area contributed by atoms with E-state index in [1.54, 1.807) is 6.92 Å². The zero-order chi connectivity index (χ0) is 9.70. The minimum absolute atomic E-state index is 0.359. The van der Waals surface area contributed by atoms with Crippen molar-refractivity contribution in [3.05, 3.63) is 32.5 Å². The third-order valence-electron chi connectivity index (χ3n) is 0.453. The van der Waals surface area contributed by atoms with Crippen molar-refractivity contribution in [2.24, 2.45) is 0 Å². The van der Waals surface area contributed by atoms with Gasteiger partial charge in [0, 0.05) is 6.08 Å². The molecule has 0 fully saturated rings. The van der Waals surface area contributed by atoms with Crippen LogP contribution in [0.25, 0.3) is 0 Å². The molecule has 0 radical (unpaired) electrons. The Kier molecular flexibility index (Phi) is 34.7. The standard InChI is InChI=1S/C5H8O2.C2H4.CO/c1-3-5(6)7-4-2;2*1-2/h3H,1,4H2,2H3;1-2H2;. The molecule has 0 aromatic carbocycles. The van der Waals surface area contributed by atoms with Crippen molar-refractivity contribution in [2.45, 2.75) is 6.92 Å². The second-order valence-electron chi connectivity index (χ2n) is 0.956. The molecule has 3 heteroatoms. The van der Waals surface area contributed by atoms with Crippen molar-refractivity contribution in [3.8, 4) is 0 Å². The van der Waals surface area contributed by atoms with Crippen LogP contribution in [0, 0.1) is 6.65 Å². The fourth-order valence-electron chi connectivity index (χ4n) is 0.201. The summed E-state index contributed by atoms with van der Waals surface area (Å²) >= 11 is 0. The van der Waals surface area contributed by atoms with E-state index in [0.717, 1.165) is 6.08 Å². The van der Waals surface area contributed by atoms with Gasteiger partial charge < -0.3 is 4.74 Å². The second-order valence-corrected chi connectivity index (χ2v) is 0.956. The normalized spacial score (nSPS) is 5.36. The zero-order valence-corrected chi connectivity index (χ0v) is 6.63. The molecule has 0 aromatic heterocycles. The van der Waals surface area contributed by atoms with Crippen LogP contribution in [-0.2, 0) is 14.2 Å². The van der Waals surface area contributed by atoms with E-state index in [4.69, 9.17) is 4.65 Å². The van der Waals surface area contributed by atoms with Crippen LogP contribution in [0.5, 0.6) is 0 Å². The SMILES string of the molecule is C=C.C=CC(=O)OCC.[C-]#[O+]. The summed E-state index contributed by atoms with van der Waals surface area (Å²) in [5.74, 6) is -0.359. The van der Waals surface area contributed by atoms with Gasteiger partial charge in [0.1, 0.15) is 0 Å². The van der Waals surface area contributed by atoms with Crippen LogP contribution in [-0.4, -0.2) is 12.6 Å². The predicted octanol–water partition coefficient (Wildman–Crippen LogP) is 1.50. The van der Waals surface area contributed by atoms with E-state index in [-0.39, 0.29) is 5.97 Å². The molecule has 0 saturated carbocycles. The number of carbonyl (C=O) groups excluding carboxylic acids is 1. The van der Waals surface area contributed by atoms with Gasteiger partial charge in [-0.2, -0.15) is 0 Å². The summed E-state index contributed by atoms with van der Waals surface area (Å²) in [5.41, 5.74) is 0. The summed E-state index contributed by atoms with van der Waals surface area (Å²) in [5, 5.41) is 0. The van der Waals surface area contributed by atoms with Crippen molar-refractivity contribution < 1.29 is 14.2 Å². The van der Waals surface area contributed by atoms with Gasteiger partial charge in [0.15, 0.2) is 0 Å². The first-order valence-corrected chi connectivity index (χ1v) is 2.81. The summed E-state index contributed by atoms with van der Waals surface area (Å²) < 4.78 is 11.9. The molecule has 0 unspecified atom stereocenters. The summed E-state index contributed by atoms with van der Waals surface area (Å²) in [6, 6.07) is 0. The Bertz CT molecular complexity index is 116. The Hall–Kier alpha value is -1.31. The van der Waals surface area contributed by atoms with Gasteiger partial charge in [-0.05, 0) is 6.92 Å². The minimum atomic E-state index is -0.359. The summed E-state index contributed by atoms with van der Waals surface area (Å²) in [7, 11) is 0. The zero-order valence-electron chi connectivity index (χ0n) is 6.63. The van der Waals surface area contributed by atoms with E-state index >= 15 is 0 Å². The van der Waals surface area contributed by atoms with Gasteiger partial charge in [-0.15, -0.1) is 13.2 Å². The number of rotatable bonds is 2. The summed E-state index contributed by atoms with van der Waals surface area (Å²) in [6.45, 7) is 15.9. The van der Waals surface area contributed by atoms with Crippen LogP contribution in [0.3, 0.4) is 0 Å². The summed E-state index contributed by atoms with van der Waals surface area (Å²) in [4.78, 5) is 10.1. The summed E-state index contributed by atoms with van der Waals surface area (Å²) in [6.07, 6.45) is 1.14. The van der Waals surface area contributed by atoms with Crippen molar-refractivity contribution in [3.63, 3.8) is 0 Å². The molecule has 0 bridgehead atoms. The van der Waals surface area contributed by atoms with Crippen LogP contribution in [0.2, 0.25) is 0 Å². The molecule has 62 valence electrons. The van der Waals surface area contributed by atoms with Gasteiger partial charge in [-0.25, -0.2) is 4.79 Å². The third kappa shape index (κ3) is 28.6. The Labute approximate surface area is 67.1 Å². The predicted molar refractivity (Wildman–Crippen MR) is 42.0 cm³/mol. The third-order valence-corrected chi connectivity index (χ3v) is 0.453. The van der Waals surface area contributed by atoms with Gasteiger partial charge in [-0.3, -0.25) is 0 Å². The van der Waals surface area contributed by atoms with Crippen LogP contribution in [0.4, 0.5) is 0 Å². The van der Waals surface area contributed by atoms with Crippen LogP contribution in [0.1, 0.15) is 6.92 Å². The molecular formula is C8H12O3. The molecule has 0 atom stereocenters. The fraction of sp³-hybridized carbons (Fsp3) is 0.250. The number of carbonyl (C=O) groups is 1. The van der Waals surface area contributed by atoms with E-state index in [2.05, 4.69) is 31.1 Å². The average Bonchev–Trinajstić information content (AvgIpc) is 2.12. The Morgan fingerprint density at radius 3 is 2.09 bits per heavy atom. The van der Waals surface area contributed by atoms with Crippen LogP contribution < -0.4 is 0 Å². The van der Waals surface area contributed by atoms with E-state index in [0.29, 0.717) is 6.61 Å². The molecule has 11 heavy (non-hydrogen) atoms. The number of ether oxygens (including phenoxy) is 1. The molecule has 0 aromatic rings. The van der Waals surface area contributed by atoms with Gasteiger partial charge in [0.25, 0.3) is 0 Å². The van der Waals surface area contributed by atoms with Crippen LogP contribution >= 0.6 is 0 Å². The number of hydrogen-bond donors (Lipinski definition) is 0. The Morgan fingerprint density at radius 1 is 1.64 bits per heavy atom. The van der Waals surface area contributed by atoms with Gasteiger partial charge in [0.05, 0.1) is 6.61 Å². The first-order valence-electron chi connectivity index (χ1n) is 2.81. The molecule has 0 saturated heterocycles. The molecule has 3 nitrogen and oxygen atoms in total. The molecule has 0 heterocycles. The van der Waals surface area contributed by atoms with Crippen molar-refractivity contribution in [2.75, 3.05) is 6.61 Å². The monoisotopic (exact) mass is 156 g/mol. The molecule has 0 spiro atoms. The molecular weight excluding hydrogens is 144 g/mol. The molecule has 0 rings (SSSR count). The number of esters is 1. The van der Waals surface area contributed by atoms with Gasteiger partial charge in [0.2, 0.25) is 0 Å². The van der Waals surface area contributed by atoms with E-state index in [1.807, 2.05) is 0 Å². The quantitative estimate of drug-likeness (QED) is 0.200. The topological polar surface area (TPSA) is 46.2 Å². The average molecular weight is 156 g/mol. The Balaban J connectivity index is -0.000000138. The van der Waals surface area contributed by atoms with Gasteiger partial charge >= 0.3 is 17.3 Å². The van der Waals surface area contributed by atoms with E-state index < -0.39 is 0 Å². The van der Waals surface area contributed by atoms with Crippen molar-refractivity contribution in [1.82, 2.24) is 0 Å². The number of hydrogen-bond acceptors (Lipinski definition) is 2. The van der Waals surface area contributed by atoms with Crippen molar-refractivity contribution in [1.29, 1.82) is 0 Å². The molecule has 0 aliphatic heterocycles.